The lowest BCUT2D eigenvalue weighted by molar-refractivity contribution is 0.354. The van der Waals surface area contributed by atoms with Gasteiger partial charge in [-0.3, -0.25) is 0 Å². The van der Waals surface area contributed by atoms with Crippen LogP contribution in [0.5, 0.6) is 11.5 Å². The van der Waals surface area contributed by atoms with Gasteiger partial charge in [-0.25, -0.2) is 4.99 Å². The Kier molecular flexibility index (Phi) is 6.13. The zero-order valence-corrected chi connectivity index (χ0v) is 14.5. The Labute approximate surface area is 129 Å². The molecule has 0 N–H and O–H groups in total. The second-order valence-electron chi connectivity index (χ2n) is 4.70. The van der Waals surface area contributed by atoms with Crippen LogP contribution in [0.3, 0.4) is 0 Å². The molecule has 0 heterocycles. The third kappa shape index (κ3) is 4.03. The SMILES string of the molecule is COc1cc(Br)c(CN=C(N(C)C)N(C)C)cc1OC. The van der Waals surface area contributed by atoms with Gasteiger partial charge in [-0.2, -0.15) is 0 Å². The first-order valence-corrected chi connectivity index (χ1v) is 6.99. The highest BCUT2D eigenvalue weighted by molar-refractivity contribution is 9.10. The maximum atomic E-state index is 5.32. The average Bonchev–Trinajstić information content (AvgIpc) is 2.39. The fraction of sp³-hybridized carbons (Fsp3) is 0.500. The second-order valence-corrected chi connectivity index (χ2v) is 5.56. The highest BCUT2D eigenvalue weighted by Crippen LogP contribution is 2.33. The van der Waals surface area contributed by atoms with Gasteiger partial charge < -0.3 is 19.3 Å². The fourth-order valence-corrected chi connectivity index (χ4v) is 2.30. The van der Waals surface area contributed by atoms with Gasteiger partial charge in [-0.05, 0) is 17.7 Å². The Hall–Kier alpha value is -1.43. The third-order valence-electron chi connectivity index (χ3n) is 2.74. The van der Waals surface area contributed by atoms with E-state index in [1.165, 1.54) is 0 Å². The van der Waals surface area contributed by atoms with Crippen LogP contribution in [0, 0.1) is 0 Å². The molecule has 0 atom stereocenters. The summed E-state index contributed by atoms with van der Waals surface area (Å²) in [5, 5.41) is 0. The molecule has 20 heavy (non-hydrogen) atoms. The molecular weight excluding hydrogens is 322 g/mol. The van der Waals surface area contributed by atoms with Gasteiger partial charge in [0.15, 0.2) is 17.5 Å². The molecule has 0 spiro atoms. The average molecular weight is 344 g/mol. The highest BCUT2D eigenvalue weighted by atomic mass is 79.9. The topological polar surface area (TPSA) is 37.3 Å². The molecule has 0 aromatic heterocycles. The Morgan fingerprint density at radius 3 is 2.00 bits per heavy atom. The number of hydrogen-bond donors (Lipinski definition) is 0. The van der Waals surface area contributed by atoms with Crippen molar-refractivity contribution in [3.63, 3.8) is 0 Å². The van der Waals surface area contributed by atoms with Crippen molar-refractivity contribution in [1.29, 1.82) is 0 Å². The second kappa shape index (κ2) is 7.38. The summed E-state index contributed by atoms with van der Waals surface area (Å²) in [6, 6.07) is 3.84. The number of halogens is 1. The summed E-state index contributed by atoms with van der Waals surface area (Å²) in [5.41, 5.74) is 1.05. The Bertz CT molecular complexity index is 478. The molecule has 0 saturated carbocycles. The van der Waals surface area contributed by atoms with Gasteiger partial charge in [0.05, 0.1) is 20.8 Å². The van der Waals surface area contributed by atoms with Crippen LogP contribution in [-0.4, -0.2) is 58.2 Å². The molecule has 1 rings (SSSR count). The van der Waals surface area contributed by atoms with E-state index in [4.69, 9.17) is 9.47 Å². The van der Waals surface area contributed by atoms with Gasteiger partial charge in [0.2, 0.25) is 0 Å². The third-order valence-corrected chi connectivity index (χ3v) is 3.48. The fourth-order valence-electron chi connectivity index (χ4n) is 1.86. The molecule has 0 unspecified atom stereocenters. The van der Waals surface area contributed by atoms with E-state index in [2.05, 4.69) is 20.9 Å². The largest absolute Gasteiger partial charge is 0.493 e. The predicted octanol–water partition coefficient (Wildman–Crippen LogP) is 2.45. The smallest absolute Gasteiger partial charge is 0.195 e. The monoisotopic (exact) mass is 343 g/mol. The van der Waals surface area contributed by atoms with Gasteiger partial charge in [0.1, 0.15) is 0 Å². The number of ether oxygens (including phenoxy) is 2. The van der Waals surface area contributed by atoms with Gasteiger partial charge >= 0.3 is 0 Å². The molecule has 0 aliphatic rings. The first kappa shape index (κ1) is 16.6. The number of methoxy groups -OCH3 is 2. The van der Waals surface area contributed by atoms with E-state index in [0.29, 0.717) is 18.0 Å². The Morgan fingerprint density at radius 1 is 1.05 bits per heavy atom. The van der Waals surface area contributed by atoms with Gasteiger partial charge in [0, 0.05) is 32.7 Å². The Morgan fingerprint density at radius 2 is 1.55 bits per heavy atom. The van der Waals surface area contributed by atoms with Crippen LogP contribution in [-0.2, 0) is 6.54 Å². The zero-order chi connectivity index (χ0) is 15.3. The summed E-state index contributed by atoms with van der Waals surface area (Å²) in [6.07, 6.45) is 0. The minimum absolute atomic E-state index is 0.562. The van der Waals surface area contributed by atoms with E-state index in [1.807, 2.05) is 50.1 Å². The van der Waals surface area contributed by atoms with E-state index >= 15 is 0 Å². The van der Waals surface area contributed by atoms with Crippen molar-refractivity contribution >= 4 is 21.9 Å². The lowest BCUT2D eigenvalue weighted by Crippen LogP contribution is -2.35. The lowest BCUT2D eigenvalue weighted by atomic mass is 10.2. The van der Waals surface area contributed by atoms with E-state index in [1.54, 1.807) is 14.2 Å². The van der Waals surface area contributed by atoms with Crippen molar-refractivity contribution in [2.45, 2.75) is 6.54 Å². The zero-order valence-electron chi connectivity index (χ0n) is 12.9. The number of benzene rings is 1. The molecule has 1 aromatic rings. The first-order valence-electron chi connectivity index (χ1n) is 6.20. The molecule has 0 aliphatic heterocycles. The molecule has 1 aromatic carbocycles. The minimum Gasteiger partial charge on any atom is -0.493 e. The summed E-state index contributed by atoms with van der Waals surface area (Å²) in [5.74, 6) is 2.32. The minimum atomic E-state index is 0.562. The molecule has 0 saturated heterocycles. The lowest BCUT2D eigenvalue weighted by Gasteiger charge is -2.22. The van der Waals surface area contributed by atoms with Gasteiger partial charge in [-0.15, -0.1) is 0 Å². The van der Waals surface area contributed by atoms with Crippen molar-refractivity contribution in [1.82, 2.24) is 9.80 Å². The predicted molar refractivity (Wildman–Crippen MR) is 85.8 cm³/mol. The number of nitrogens with zero attached hydrogens (tertiary/aromatic N) is 3. The van der Waals surface area contributed by atoms with Crippen LogP contribution in [0.25, 0.3) is 0 Å². The Balaban J connectivity index is 3.06. The van der Waals surface area contributed by atoms with Crippen molar-refractivity contribution in [3.8, 4) is 11.5 Å². The van der Waals surface area contributed by atoms with E-state index < -0.39 is 0 Å². The molecule has 5 nitrogen and oxygen atoms in total. The van der Waals surface area contributed by atoms with Crippen LogP contribution in [0.2, 0.25) is 0 Å². The van der Waals surface area contributed by atoms with Crippen LogP contribution >= 0.6 is 15.9 Å². The molecule has 6 heteroatoms. The number of guanidine groups is 1. The quantitative estimate of drug-likeness (QED) is 0.621. The van der Waals surface area contributed by atoms with Crippen molar-refractivity contribution in [2.24, 2.45) is 4.99 Å². The summed E-state index contributed by atoms with van der Waals surface area (Å²) in [7, 11) is 11.2. The highest BCUT2D eigenvalue weighted by Gasteiger charge is 2.10. The summed E-state index contributed by atoms with van der Waals surface area (Å²) < 4.78 is 11.5. The van der Waals surface area contributed by atoms with Crippen LogP contribution in [0.1, 0.15) is 5.56 Å². The molecule has 0 fully saturated rings. The number of rotatable bonds is 4. The molecule has 0 bridgehead atoms. The van der Waals surface area contributed by atoms with Crippen LogP contribution in [0.15, 0.2) is 21.6 Å². The van der Waals surface area contributed by atoms with Crippen molar-refractivity contribution in [3.05, 3.63) is 22.2 Å². The van der Waals surface area contributed by atoms with E-state index in [0.717, 1.165) is 16.0 Å². The molecule has 0 amide bonds. The van der Waals surface area contributed by atoms with E-state index in [9.17, 15) is 0 Å². The van der Waals surface area contributed by atoms with Crippen molar-refractivity contribution < 1.29 is 9.47 Å². The molecular formula is C14H22BrN3O2. The first-order chi connectivity index (χ1) is 9.40. The molecule has 0 radical (unpaired) electrons. The normalized spacial score (nSPS) is 9.95. The maximum absolute atomic E-state index is 5.32. The van der Waals surface area contributed by atoms with Gasteiger partial charge in [-0.1, -0.05) is 15.9 Å². The van der Waals surface area contributed by atoms with Gasteiger partial charge in [0.25, 0.3) is 0 Å². The standard InChI is InChI=1S/C14H22BrN3O2/c1-17(2)14(18(3)4)16-9-10-7-12(19-5)13(20-6)8-11(10)15/h7-8H,9H2,1-6H3. The number of aliphatic imine (C=N–C) groups is 1. The molecule has 112 valence electrons. The summed E-state index contributed by atoms with van der Waals surface area (Å²) >= 11 is 3.54. The summed E-state index contributed by atoms with van der Waals surface area (Å²) in [6.45, 7) is 0.562. The molecule has 0 aliphatic carbocycles. The maximum Gasteiger partial charge on any atom is 0.195 e. The van der Waals surface area contributed by atoms with Crippen molar-refractivity contribution in [2.75, 3.05) is 42.4 Å². The van der Waals surface area contributed by atoms with Crippen LogP contribution < -0.4 is 9.47 Å². The summed E-state index contributed by atoms with van der Waals surface area (Å²) in [4.78, 5) is 8.59. The van der Waals surface area contributed by atoms with E-state index in [-0.39, 0.29) is 0 Å². The number of hydrogen-bond acceptors (Lipinski definition) is 3. The van der Waals surface area contributed by atoms with Crippen LogP contribution in [0.4, 0.5) is 0 Å².